The summed E-state index contributed by atoms with van der Waals surface area (Å²) >= 11 is 7.81. The van der Waals surface area contributed by atoms with Crippen LogP contribution in [0.2, 0.25) is 5.02 Å². The largest absolute Gasteiger partial charge is 0.490 e. The molecule has 0 unspecified atom stereocenters. The van der Waals surface area contributed by atoms with Crippen molar-refractivity contribution in [2.75, 3.05) is 18.1 Å². The number of thioether (sulfide) groups is 1. The smallest absolute Gasteiger partial charge is 0.271 e. The molecule has 5 nitrogen and oxygen atoms in total. The Morgan fingerprint density at radius 2 is 1.76 bits per heavy atom. The van der Waals surface area contributed by atoms with Crippen LogP contribution < -0.4 is 14.4 Å². The van der Waals surface area contributed by atoms with Gasteiger partial charge in [-0.05, 0) is 66.7 Å². The fourth-order valence-electron chi connectivity index (χ4n) is 3.33. The third-order valence-electron chi connectivity index (χ3n) is 4.78. The first-order valence-electron chi connectivity index (χ1n) is 10.7. The molecule has 0 spiro atoms. The minimum absolute atomic E-state index is 0.160. The lowest BCUT2D eigenvalue weighted by Crippen LogP contribution is -2.28. The standard InChI is InChI=1S/C27H23ClN2O3S/c1-3-15-33-25-22(28)16-19(17-23(25)32-4-2)18-24-26(31)30(21-13-9-6-10-14-21)27(34-24)29-20-11-7-5-8-12-20/h3,5-14,16-18H,1,4,15H2,2H3/b24-18+,29-27?. The van der Waals surface area contributed by atoms with Gasteiger partial charge in [-0.25, -0.2) is 4.99 Å². The van der Waals surface area contributed by atoms with Crippen molar-refractivity contribution in [2.45, 2.75) is 6.92 Å². The Morgan fingerprint density at radius 3 is 2.44 bits per heavy atom. The normalized spacial score (nSPS) is 15.7. The quantitative estimate of drug-likeness (QED) is 0.249. The number of amidine groups is 1. The topological polar surface area (TPSA) is 51.1 Å². The number of ether oxygens (including phenoxy) is 2. The van der Waals surface area contributed by atoms with Crippen molar-refractivity contribution in [3.8, 4) is 11.5 Å². The minimum atomic E-state index is -0.160. The van der Waals surface area contributed by atoms with Crippen LogP contribution in [0.1, 0.15) is 12.5 Å². The molecule has 3 aromatic carbocycles. The summed E-state index contributed by atoms with van der Waals surface area (Å²) in [6.07, 6.45) is 3.43. The number of anilines is 1. The fourth-order valence-corrected chi connectivity index (χ4v) is 4.61. The molecule has 1 saturated heterocycles. The van der Waals surface area contributed by atoms with E-state index < -0.39 is 0 Å². The van der Waals surface area contributed by atoms with Crippen LogP contribution in [0.4, 0.5) is 11.4 Å². The molecule has 0 atom stereocenters. The van der Waals surface area contributed by atoms with E-state index in [1.165, 1.54) is 11.8 Å². The van der Waals surface area contributed by atoms with Crippen molar-refractivity contribution in [1.82, 2.24) is 0 Å². The Morgan fingerprint density at radius 1 is 1.06 bits per heavy atom. The molecule has 0 aromatic heterocycles. The summed E-state index contributed by atoms with van der Waals surface area (Å²) in [5.41, 5.74) is 2.24. The average molecular weight is 491 g/mol. The second kappa shape index (κ2) is 11.1. The molecule has 34 heavy (non-hydrogen) atoms. The van der Waals surface area contributed by atoms with Crippen molar-refractivity contribution in [3.63, 3.8) is 0 Å². The van der Waals surface area contributed by atoms with Gasteiger partial charge in [0, 0.05) is 0 Å². The van der Waals surface area contributed by atoms with Crippen molar-refractivity contribution in [3.05, 3.63) is 101 Å². The number of nitrogens with zero attached hydrogens (tertiary/aromatic N) is 2. The number of benzene rings is 3. The van der Waals surface area contributed by atoms with Crippen molar-refractivity contribution in [1.29, 1.82) is 0 Å². The molecule has 1 fully saturated rings. The van der Waals surface area contributed by atoms with Crippen LogP contribution >= 0.6 is 23.4 Å². The van der Waals surface area contributed by atoms with E-state index in [4.69, 9.17) is 26.1 Å². The van der Waals surface area contributed by atoms with Gasteiger partial charge in [-0.3, -0.25) is 9.69 Å². The highest BCUT2D eigenvalue weighted by Crippen LogP contribution is 2.40. The number of para-hydroxylation sites is 2. The molecule has 172 valence electrons. The van der Waals surface area contributed by atoms with E-state index in [2.05, 4.69) is 6.58 Å². The molecule has 1 amide bonds. The number of hydrogen-bond donors (Lipinski definition) is 0. The van der Waals surface area contributed by atoms with E-state index in [1.54, 1.807) is 23.1 Å². The third kappa shape index (κ3) is 5.35. The van der Waals surface area contributed by atoms with Gasteiger partial charge < -0.3 is 9.47 Å². The zero-order valence-electron chi connectivity index (χ0n) is 18.6. The summed E-state index contributed by atoms with van der Waals surface area (Å²) in [6.45, 7) is 6.31. The predicted octanol–water partition coefficient (Wildman–Crippen LogP) is 7.11. The van der Waals surface area contributed by atoms with Gasteiger partial charge in [0.15, 0.2) is 16.7 Å². The van der Waals surface area contributed by atoms with Gasteiger partial charge in [0.05, 0.1) is 27.9 Å². The molecule has 1 aliphatic rings. The predicted molar refractivity (Wildman–Crippen MR) is 141 cm³/mol. The summed E-state index contributed by atoms with van der Waals surface area (Å²) in [5.74, 6) is 0.803. The summed E-state index contributed by atoms with van der Waals surface area (Å²) < 4.78 is 11.4. The van der Waals surface area contributed by atoms with Crippen LogP contribution in [0, 0.1) is 0 Å². The monoisotopic (exact) mass is 490 g/mol. The number of carbonyl (C=O) groups excluding carboxylic acids is 1. The number of carbonyl (C=O) groups is 1. The van der Waals surface area contributed by atoms with Crippen LogP contribution in [-0.2, 0) is 4.79 Å². The molecule has 3 aromatic rings. The van der Waals surface area contributed by atoms with Crippen molar-refractivity contribution in [2.24, 2.45) is 4.99 Å². The molecule has 1 aliphatic heterocycles. The fraction of sp³-hybridized carbons (Fsp3) is 0.111. The van der Waals surface area contributed by atoms with E-state index in [1.807, 2.05) is 73.7 Å². The minimum Gasteiger partial charge on any atom is -0.490 e. The summed E-state index contributed by atoms with van der Waals surface area (Å²) in [4.78, 5) is 20.4. The Kier molecular flexibility index (Phi) is 7.72. The van der Waals surface area contributed by atoms with Gasteiger partial charge >= 0.3 is 0 Å². The van der Waals surface area contributed by atoms with E-state index in [9.17, 15) is 4.79 Å². The van der Waals surface area contributed by atoms with Crippen molar-refractivity contribution < 1.29 is 14.3 Å². The van der Waals surface area contributed by atoms with Crippen LogP contribution in [0.25, 0.3) is 6.08 Å². The highest BCUT2D eigenvalue weighted by atomic mass is 35.5. The lowest BCUT2D eigenvalue weighted by Gasteiger charge is -2.15. The molecular formula is C27H23ClN2O3S. The maximum atomic E-state index is 13.5. The number of rotatable bonds is 8. The molecule has 1 heterocycles. The number of amides is 1. The molecule has 0 N–H and O–H groups in total. The lowest BCUT2D eigenvalue weighted by atomic mass is 10.1. The summed E-state index contributed by atoms with van der Waals surface area (Å²) in [6, 6.07) is 22.6. The maximum absolute atomic E-state index is 13.5. The second-order valence-corrected chi connectivity index (χ2v) is 8.60. The Balaban J connectivity index is 1.74. The van der Waals surface area contributed by atoms with Crippen LogP contribution in [0.3, 0.4) is 0 Å². The first kappa shape index (κ1) is 23.7. The van der Waals surface area contributed by atoms with Gasteiger partial charge in [-0.15, -0.1) is 0 Å². The zero-order valence-corrected chi connectivity index (χ0v) is 20.2. The molecule has 7 heteroatoms. The Labute approximate surface area is 208 Å². The number of halogens is 1. The molecule has 0 saturated carbocycles. The molecule has 4 rings (SSSR count). The van der Waals surface area contributed by atoms with Crippen LogP contribution in [-0.4, -0.2) is 24.3 Å². The highest BCUT2D eigenvalue weighted by Gasteiger charge is 2.34. The van der Waals surface area contributed by atoms with E-state index >= 15 is 0 Å². The number of hydrogen-bond acceptors (Lipinski definition) is 5. The van der Waals surface area contributed by atoms with E-state index in [0.717, 1.165) is 16.9 Å². The molecule has 0 radical (unpaired) electrons. The highest BCUT2D eigenvalue weighted by molar-refractivity contribution is 8.19. The maximum Gasteiger partial charge on any atom is 0.271 e. The van der Waals surface area contributed by atoms with Gasteiger partial charge in [0.25, 0.3) is 5.91 Å². The van der Waals surface area contributed by atoms with Crippen LogP contribution in [0.5, 0.6) is 11.5 Å². The Hall–Kier alpha value is -3.48. The average Bonchev–Trinajstić information content (AvgIpc) is 3.14. The summed E-state index contributed by atoms with van der Waals surface area (Å²) in [7, 11) is 0. The van der Waals surface area contributed by atoms with Gasteiger partial charge in [-0.1, -0.05) is 60.7 Å². The molecule has 0 aliphatic carbocycles. The van der Waals surface area contributed by atoms with Gasteiger partial charge in [-0.2, -0.15) is 0 Å². The van der Waals surface area contributed by atoms with E-state index in [-0.39, 0.29) is 5.91 Å². The van der Waals surface area contributed by atoms with Gasteiger partial charge in [0.2, 0.25) is 0 Å². The SMILES string of the molecule is C=CCOc1c(Cl)cc(/C=C2/SC(=Nc3ccccc3)N(c3ccccc3)C2=O)cc1OCC. The lowest BCUT2D eigenvalue weighted by molar-refractivity contribution is -0.113. The third-order valence-corrected chi connectivity index (χ3v) is 6.03. The van der Waals surface area contributed by atoms with Crippen LogP contribution in [0.15, 0.2) is 95.3 Å². The molecular weight excluding hydrogens is 468 g/mol. The zero-order chi connectivity index (χ0) is 23.9. The molecule has 0 bridgehead atoms. The van der Waals surface area contributed by atoms with Crippen molar-refractivity contribution >= 4 is 51.9 Å². The first-order chi connectivity index (χ1) is 16.6. The Bertz CT molecular complexity index is 1240. The summed E-state index contributed by atoms with van der Waals surface area (Å²) in [5, 5.41) is 0.976. The second-order valence-electron chi connectivity index (χ2n) is 7.18. The first-order valence-corrected chi connectivity index (χ1v) is 11.9. The number of aliphatic imine (C=N–C) groups is 1. The van der Waals surface area contributed by atoms with E-state index in [0.29, 0.717) is 39.8 Å². The van der Waals surface area contributed by atoms with Gasteiger partial charge in [0.1, 0.15) is 6.61 Å².